The molecule has 0 aliphatic rings. The first kappa shape index (κ1) is 19.5. The van der Waals surface area contributed by atoms with Crippen molar-refractivity contribution in [1.82, 2.24) is 0 Å². The van der Waals surface area contributed by atoms with Gasteiger partial charge < -0.3 is 9.32 Å². The molecular weight excluding hydrogens is 510 g/mol. The molecule has 2 heteroatoms. The Morgan fingerprint density at radius 1 is 0.476 bits per heavy atom. The first-order chi connectivity index (χ1) is 22.9. The van der Waals surface area contributed by atoms with Gasteiger partial charge in [0.15, 0.2) is 0 Å². The lowest BCUT2D eigenvalue weighted by Crippen LogP contribution is -2.11. The first-order valence-electron chi connectivity index (χ1n) is 16.4. The van der Waals surface area contributed by atoms with E-state index in [2.05, 4.69) is 24.3 Å². The quantitative estimate of drug-likeness (QED) is 0.215. The minimum Gasteiger partial charge on any atom is -0.455 e. The normalized spacial score (nSPS) is 13.0. The Morgan fingerprint density at radius 2 is 1.12 bits per heavy atom. The number of para-hydroxylation sites is 4. The lowest BCUT2D eigenvalue weighted by molar-refractivity contribution is 0.670. The van der Waals surface area contributed by atoms with Gasteiger partial charge in [0.05, 0.1) is 12.5 Å². The van der Waals surface area contributed by atoms with Crippen molar-refractivity contribution in [2.75, 3.05) is 4.90 Å². The Hall–Kier alpha value is -5.60. The fourth-order valence-corrected chi connectivity index (χ4v) is 5.87. The zero-order valence-electron chi connectivity index (χ0n) is 27.6. The van der Waals surface area contributed by atoms with Gasteiger partial charge in [0.25, 0.3) is 0 Å². The van der Waals surface area contributed by atoms with Crippen molar-refractivity contribution >= 4 is 49.8 Å². The molecule has 1 aromatic heterocycles. The van der Waals surface area contributed by atoms with Gasteiger partial charge >= 0.3 is 0 Å². The van der Waals surface area contributed by atoms with Crippen LogP contribution in [-0.4, -0.2) is 0 Å². The van der Waals surface area contributed by atoms with Gasteiger partial charge in [-0.05, 0) is 58.2 Å². The Bertz CT molecular complexity index is 2450. The minimum absolute atomic E-state index is 0.0677. The predicted octanol–water partition coefficient (Wildman–Crippen LogP) is 11.5. The Balaban J connectivity index is 1.37. The third-order valence-corrected chi connectivity index (χ3v) is 7.78. The summed E-state index contributed by atoms with van der Waals surface area (Å²) in [5, 5.41) is 4.26. The summed E-state index contributed by atoms with van der Waals surface area (Å²) < 4.78 is 49.7. The molecule has 0 N–H and O–H groups in total. The number of hydrogen-bond donors (Lipinski definition) is 0. The molecule has 0 aliphatic heterocycles. The molecule has 0 unspecified atom stereocenters. The molecule has 0 saturated heterocycles. The van der Waals surface area contributed by atoms with Gasteiger partial charge in [0.2, 0.25) is 0 Å². The molecule has 0 radical (unpaired) electrons. The molecule has 8 aromatic rings. The summed E-state index contributed by atoms with van der Waals surface area (Å²) in [5.41, 5.74) is 6.58. The highest BCUT2D eigenvalue weighted by molar-refractivity contribution is 6.10. The van der Waals surface area contributed by atoms with Crippen LogP contribution in [0.15, 0.2) is 168 Å². The van der Waals surface area contributed by atoms with Crippen molar-refractivity contribution in [2.45, 2.75) is 0 Å². The average molecular weight is 543 g/mol. The van der Waals surface area contributed by atoms with E-state index in [0.29, 0.717) is 17.0 Å². The van der Waals surface area contributed by atoms with Crippen LogP contribution < -0.4 is 4.90 Å². The van der Waals surface area contributed by atoms with Gasteiger partial charge in [-0.2, -0.15) is 0 Å². The summed E-state index contributed by atoms with van der Waals surface area (Å²) in [7, 11) is 0. The number of fused-ring (bicyclic) bond motifs is 4. The van der Waals surface area contributed by atoms with E-state index >= 15 is 0 Å². The van der Waals surface area contributed by atoms with Crippen LogP contribution >= 0.6 is 0 Å². The molecule has 0 spiro atoms. The first-order valence-corrected chi connectivity index (χ1v) is 13.9. The van der Waals surface area contributed by atoms with Crippen molar-refractivity contribution in [2.24, 2.45) is 0 Å². The van der Waals surface area contributed by atoms with E-state index in [1.165, 1.54) is 0 Å². The SMILES string of the molecule is [2H]c1c([2H])c([2H])c(N(c2ccc(-c3cccc4ccccc34)cc2)c2ccccc2-c2cccc3c2oc2ccccc23)c([2H])c1[2H]. The van der Waals surface area contributed by atoms with Crippen LogP contribution in [0.4, 0.5) is 17.1 Å². The third-order valence-electron chi connectivity index (χ3n) is 7.78. The number of furan rings is 1. The topological polar surface area (TPSA) is 16.4 Å². The fourth-order valence-electron chi connectivity index (χ4n) is 5.87. The van der Waals surface area contributed by atoms with Crippen LogP contribution in [0.2, 0.25) is 0 Å². The van der Waals surface area contributed by atoms with Gasteiger partial charge in [-0.15, -0.1) is 0 Å². The molecule has 8 rings (SSSR count). The van der Waals surface area contributed by atoms with Gasteiger partial charge in [0, 0.05) is 33.3 Å². The number of anilines is 3. The summed E-state index contributed by atoms with van der Waals surface area (Å²) in [6.45, 7) is 0. The molecule has 198 valence electrons. The molecule has 1 heterocycles. The van der Waals surface area contributed by atoms with Crippen molar-refractivity contribution < 1.29 is 11.3 Å². The summed E-state index contributed by atoms with van der Waals surface area (Å²) >= 11 is 0. The van der Waals surface area contributed by atoms with Crippen LogP contribution in [0.5, 0.6) is 0 Å². The Morgan fingerprint density at radius 3 is 2.00 bits per heavy atom. The van der Waals surface area contributed by atoms with Gasteiger partial charge in [-0.3, -0.25) is 0 Å². The third kappa shape index (κ3) is 4.05. The maximum Gasteiger partial charge on any atom is 0.143 e. The Labute approximate surface area is 251 Å². The maximum atomic E-state index is 8.98. The zero-order chi connectivity index (χ0) is 32.2. The number of nitrogens with zero attached hydrogens (tertiary/aromatic N) is 1. The highest BCUT2D eigenvalue weighted by Gasteiger charge is 2.20. The van der Waals surface area contributed by atoms with E-state index in [9.17, 15) is 0 Å². The monoisotopic (exact) mass is 542 g/mol. The molecule has 7 aromatic carbocycles. The van der Waals surface area contributed by atoms with Gasteiger partial charge in [-0.25, -0.2) is 0 Å². The van der Waals surface area contributed by atoms with E-state index in [-0.39, 0.29) is 17.8 Å². The molecule has 2 nitrogen and oxygen atoms in total. The summed E-state index contributed by atoms with van der Waals surface area (Å²) in [6.07, 6.45) is 0. The van der Waals surface area contributed by atoms with Crippen LogP contribution in [0.1, 0.15) is 6.85 Å². The van der Waals surface area contributed by atoms with Crippen molar-refractivity contribution in [3.05, 3.63) is 164 Å². The summed E-state index contributed by atoms with van der Waals surface area (Å²) in [6, 6.07) is 42.2. The second-order valence-corrected chi connectivity index (χ2v) is 10.2. The zero-order valence-corrected chi connectivity index (χ0v) is 22.6. The van der Waals surface area contributed by atoms with Gasteiger partial charge in [-0.1, -0.05) is 127 Å². The van der Waals surface area contributed by atoms with Gasteiger partial charge in [0.1, 0.15) is 11.2 Å². The molecule has 0 amide bonds. The van der Waals surface area contributed by atoms with Crippen LogP contribution in [0, 0.1) is 0 Å². The minimum atomic E-state index is -0.435. The lowest BCUT2D eigenvalue weighted by Gasteiger charge is -2.28. The fraction of sp³-hybridized carbons (Fsp3) is 0. The number of rotatable bonds is 5. The molecule has 0 fully saturated rings. The summed E-state index contributed by atoms with van der Waals surface area (Å²) in [4.78, 5) is 1.77. The number of benzene rings is 7. The molecule has 0 saturated carbocycles. The van der Waals surface area contributed by atoms with E-state index in [0.717, 1.165) is 49.4 Å². The Kier molecular flexibility index (Phi) is 4.68. The maximum absolute atomic E-state index is 8.98. The second kappa shape index (κ2) is 10.1. The predicted molar refractivity (Wildman–Crippen MR) is 177 cm³/mol. The molecule has 0 aliphatic carbocycles. The van der Waals surface area contributed by atoms with E-state index in [1.54, 1.807) is 4.90 Å². The van der Waals surface area contributed by atoms with Crippen molar-refractivity contribution in [3.8, 4) is 22.3 Å². The molecular formula is C40H27NO. The lowest BCUT2D eigenvalue weighted by atomic mass is 9.97. The largest absolute Gasteiger partial charge is 0.455 e. The second-order valence-electron chi connectivity index (χ2n) is 10.2. The number of hydrogen-bond acceptors (Lipinski definition) is 2. The average Bonchev–Trinajstić information content (AvgIpc) is 3.51. The highest BCUT2D eigenvalue weighted by Crippen LogP contribution is 2.44. The van der Waals surface area contributed by atoms with Crippen LogP contribution in [0.3, 0.4) is 0 Å². The van der Waals surface area contributed by atoms with Crippen LogP contribution in [-0.2, 0) is 0 Å². The standard InChI is InChI=1S/C40H27NO/c1-2-14-30(15-3-1)41(31-26-24-29(25-27-31)33-19-10-13-28-12-4-5-16-32(28)33)38-22-8-6-17-34(38)36-20-11-21-37-35-18-7-9-23-39(35)42-40(36)37/h1-27H/i1D,2D,3D,14D,15D. The van der Waals surface area contributed by atoms with E-state index in [1.807, 2.05) is 109 Å². The van der Waals surface area contributed by atoms with E-state index < -0.39 is 18.1 Å². The van der Waals surface area contributed by atoms with Crippen LogP contribution in [0.25, 0.3) is 55.0 Å². The molecule has 0 bridgehead atoms. The van der Waals surface area contributed by atoms with Crippen molar-refractivity contribution in [1.29, 1.82) is 0 Å². The molecule has 0 atom stereocenters. The summed E-state index contributed by atoms with van der Waals surface area (Å²) in [5.74, 6) is 0. The van der Waals surface area contributed by atoms with E-state index in [4.69, 9.17) is 11.3 Å². The highest BCUT2D eigenvalue weighted by atomic mass is 16.3. The molecule has 42 heavy (non-hydrogen) atoms. The van der Waals surface area contributed by atoms with Crippen molar-refractivity contribution in [3.63, 3.8) is 0 Å². The smallest absolute Gasteiger partial charge is 0.143 e.